The van der Waals surface area contributed by atoms with Crippen molar-refractivity contribution in [2.24, 2.45) is 0 Å². The molecular weight excluding hydrogens is 352 g/mol. The predicted octanol–water partition coefficient (Wildman–Crippen LogP) is 3.08. The highest BCUT2D eigenvalue weighted by Gasteiger charge is 2.54. The van der Waals surface area contributed by atoms with Gasteiger partial charge in [0.15, 0.2) is 28.6 Å². The molecule has 7 heteroatoms. The lowest BCUT2D eigenvalue weighted by molar-refractivity contribution is 0.0222. The molecule has 2 aliphatic heterocycles. The lowest BCUT2D eigenvalue weighted by Gasteiger charge is -2.36. The first-order chi connectivity index (χ1) is 12.9. The Morgan fingerprint density at radius 3 is 1.81 bits per heavy atom. The number of esters is 1. The van der Waals surface area contributed by atoms with E-state index in [0.717, 1.165) is 0 Å². The van der Waals surface area contributed by atoms with Crippen molar-refractivity contribution in [3.63, 3.8) is 0 Å². The summed E-state index contributed by atoms with van der Waals surface area (Å²) >= 11 is 0. The van der Waals surface area contributed by atoms with E-state index in [2.05, 4.69) is 0 Å². The van der Waals surface area contributed by atoms with Gasteiger partial charge in [-0.15, -0.1) is 0 Å². The molecule has 0 radical (unpaired) electrons. The Bertz CT molecular complexity index is 1090. The molecule has 0 saturated heterocycles. The minimum absolute atomic E-state index is 0.146. The number of carbonyl (C=O) groups is 1. The van der Waals surface area contributed by atoms with Crippen LogP contribution in [-0.2, 0) is 10.3 Å². The highest BCUT2D eigenvalue weighted by atomic mass is 16.6. The van der Waals surface area contributed by atoms with Crippen LogP contribution in [0, 0.1) is 0 Å². The molecule has 2 aliphatic rings. The SMILES string of the molecule is O=C1OC2(c3cc(O)c(O)cc3Oc3cc(O)c(O)cc32)c2ccccc21. The quantitative estimate of drug-likeness (QED) is 0.358. The molecule has 134 valence electrons. The van der Waals surface area contributed by atoms with E-state index in [1.807, 2.05) is 0 Å². The smallest absolute Gasteiger partial charge is 0.340 e. The molecule has 0 fully saturated rings. The minimum Gasteiger partial charge on any atom is -0.504 e. The van der Waals surface area contributed by atoms with E-state index in [1.165, 1.54) is 24.3 Å². The van der Waals surface area contributed by atoms with Crippen molar-refractivity contribution in [3.05, 3.63) is 70.8 Å². The van der Waals surface area contributed by atoms with Gasteiger partial charge in [0.05, 0.1) is 16.7 Å². The maximum atomic E-state index is 12.6. The van der Waals surface area contributed by atoms with E-state index in [-0.39, 0.29) is 22.6 Å². The molecule has 3 aromatic carbocycles. The van der Waals surface area contributed by atoms with Gasteiger partial charge in [0.25, 0.3) is 0 Å². The number of aromatic hydroxyl groups is 4. The fourth-order valence-corrected chi connectivity index (χ4v) is 3.72. The number of phenolic OH excluding ortho intramolecular Hbond substituents is 4. The molecule has 0 saturated carbocycles. The van der Waals surface area contributed by atoms with E-state index in [4.69, 9.17) is 9.47 Å². The molecule has 0 bridgehead atoms. The van der Waals surface area contributed by atoms with Gasteiger partial charge in [0.1, 0.15) is 11.5 Å². The van der Waals surface area contributed by atoms with Crippen molar-refractivity contribution >= 4 is 5.97 Å². The lowest BCUT2D eigenvalue weighted by atomic mass is 9.77. The van der Waals surface area contributed by atoms with Gasteiger partial charge < -0.3 is 29.9 Å². The van der Waals surface area contributed by atoms with Gasteiger partial charge in [0.2, 0.25) is 0 Å². The van der Waals surface area contributed by atoms with Crippen LogP contribution < -0.4 is 4.74 Å². The van der Waals surface area contributed by atoms with Crippen molar-refractivity contribution in [2.45, 2.75) is 5.60 Å². The van der Waals surface area contributed by atoms with Crippen LogP contribution in [0.3, 0.4) is 0 Å². The number of phenols is 4. The summed E-state index contributed by atoms with van der Waals surface area (Å²) in [5.74, 6) is -1.93. The number of benzene rings is 3. The van der Waals surface area contributed by atoms with E-state index in [1.54, 1.807) is 24.3 Å². The van der Waals surface area contributed by atoms with Crippen LogP contribution >= 0.6 is 0 Å². The number of carbonyl (C=O) groups excluding carboxylic acids is 1. The Morgan fingerprint density at radius 2 is 1.22 bits per heavy atom. The molecule has 27 heavy (non-hydrogen) atoms. The molecule has 0 atom stereocenters. The van der Waals surface area contributed by atoms with Crippen molar-refractivity contribution in [1.82, 2.24) is 0 Å². The highest BCUT2D eigenvalue weighted by Crippen LogP contribution is 2.58. The third kappa shape index (κ3) is 1.82. The summed E-state index contributed by atoms with van der Waals surface area (Å²) in [6.07, 6.45) is 0. The van der Waals surface area contributed by atoms with Gasteiger partial charge in [-0.25, -0.2) is 4.79 Å². The summed E-state index contributed by atoms with van der Waals surface area (Å²) in [4.78, 5) is 12.6. The van der Waals surface area contributed by atoms with Crippen molar-refractivity contribution < 1.29 is 34.7 Å². The van der Waals surface area contributed by atoms with Crippen molar-refractivity contribution in [3.8, 4) is 34.5 Å². The summed E-state index contributed by atoms with van der Waals surface area (Å²) in [6, 6.07) is 11.7. The summed E-state index contributed by atoms with van der Waals surface area (Å²) in [5.41, 5.74) is -0.109. The fourth-order valence-electron chi connectivity index (χ4n) is 3.72. The van der Waals surface area contributed by atoms with Crippen LogP contribution in [0.2, 0.25) is 0 Å². The molecule has 5 rings (SSSR count). The summed E-state index contributed by atoms with van der Waals surface area (Å²) < 4.78 is 11.6. The zero-order valence-electron chi connectivity index (χ0n) is 13.6. The minimum atomic E-state index is -1.51. The standard InChI is InChI=1S/C20H12O7/c21-13-5-11-17(7-15(13)23)26-18-8-16(24)14(22)6-12(18)20(11)10-4-2-1-3-9(10)19(25)27-20/h1-8,21-24H. The van der Waals surface area contributed by atoms with E-state index >= 15 is 0 Å². The van der Waals surface area contributed by atoms with Crippen LogP contribution in [0.5, 0.6) is 34.5 Å². The van der Waals surface area contributed by atoms with Crippen molar-refractivity contribution in [1.29, 1.82) is 0 Å². The van der Waals surface area contributed by atoms with Gasteiger partial charge in [-0.1, -0.05) is 18.2 Å². The first kappa shape index (κ1) is 15.4. The van der Waals surface area contributed by atoms with Gasteiger partial charge in [-0.05, 0) is 18.2 Å². The third-order valence-electron chi connectivity index (χ3n) is 4.90. The molecule has 0 aromatic heterocycles. The predicted molar refractivity (Wildman–Crippen MR) is 91.4 cm³/mol. The monoisotopic (exact) mass is 364 g/mol. The van der Waals surface area contributed by atoms with Crippen LogP contribution in [0.4, 0.5) is 0 Å². The van der Waals surface area contributed by atoms with Crippen LogP contribution in [0.15, 0.2) is 48.5 Å². The number of hydrogen-bond donors (Lipinski definition) is 4. The normalized spacial score (nSPS) is 15.5. The maximum Gasteiger partial charge on any atom is 0.340 e. The van der Waals surface area contributed by atoms with Gasteiger partial charge in [0, 0.05) is 17.7 Å². The number of hydrogen-bond acceptors (Lipinski definition) is 7. The largest absolute Gasteiger partial charge is 0.504 e. The van der Waals surface area contributed by atoms with Crippen molar-refractivity contribution in [2.75, 3.05) is 0 Å². The summed E-state index contributed by atoms with van der Waals surface area (Å²) in [5, 5.41) is 39.8. The van der Waals surface area contributed by atoms with Crippen LogP contribution in [-0.4, -0.2) is 26.4 Å². The molecule has 2 heterocycles. The second kappa shape index (κ2) is 4.85. The molecule has 7 nitrogen and oxygen atoms in total. The zero-order valence-corrected chi connectivity index (χ0v) is 13.6. The Kier molecular flexibility index (Phi) is 2.77. The first-order valence-electron chi connectivity index (χ1n) is 8.05. The molecule has 3 aromatic rings. The zero-order chi connectivity index (χ0) is 18.9. The Labute approximate surface area is 152 Å². The summed E-state index contributed by atoms with van der Waals surface area (Å²) in [7, 11) is 0. The Balaban J connectivity index is 1.94. The second-order valence-corrected chi connectivity index (χ2v) is 6.39. The third-order valence-corrected chi connectivity index (χ3v) is 4.90. The molecule has 1 spiro atoms. The van der Waals surface area contributed by atoms with E-state index < -0.39 is 34.6 Å². The fraction of sp³-hybridized carbons (Fsp3) is 0.0500. The summed E-state index contributed by atoms with van der Waals surface area (Å²) in [6.45, 7) is 0. The van der Waals surface area contributed by atoms with Gasteiger partial charge in [-0.3, -0.25) is 0 Å². The average Bonchev–Trinajstić information content (AvgIpc) is 2.93. The number of fused-ring (bicyclic) bond motifs is 6. The van der Waals surface area contributed by atoms with Gasteiger partial charge in [-0.2, -0.15) is 0 Å². The number of rotatable bonds is 0. The molecular formula is C20H12O7. The molecule has 0 aliphatic carbocycles. The topological polar surface area (TPSA) is 116 Å². The van der Waals surface area contributed by atoms with Crippen LogP contribution in [0.25, 0.3) is 0 Å². The Hall–Kier alpha value is -3.87. The molecule has 0 unspecified atom stereocenters. The molecule has 4 N–H and O–H groups in total. The Morgan fingerprint density at radius 1 is 0.704 bits per heavy atom. The van der Waals surface area contributed by atoms with E-state index in [9.17, 15) is 25.2 Å². The maximum absolute atomic E-state index is 12.6. The number of ether oxygens (including phenoxy) is 2. The first-order valence-corrected chi connectivity index (χ1v) is 8.05. The van der Waals surface area contributed by atoms with Crippen LogP contribution in [0.1, 0.15) is 27.0 Å². The van der Waals surface area contributed by atoms with Gasteiger partial charge >= 0.3 is 5.97 Å². The van der Waals surface area contributed by atoms with E-state index in [0.29, 0.717) is 11.1 Å². The molecule has 0 amide bonds. The highest BCUT2D eigenvalue weighted by molar-refractivity contribution is 5.97. The lowest BCUT2D eigenvalue weighted by Crippen LogP contribution is -2.32. The average molecular weight is 364 g/mol. The second-order valence-electron chi connectivity index (χ2n) is 6.39.